The molecule has 0 radical (unpaired) electrons. The van der Waals surface area contributed by atoms with E-state index in [1.807, 2.05) is 6.08 Å². The van der Waals surface area contributed by atoms with Gasteiger partial charge < -0.3 is 5.32 Å². The number of hydrogen-bond acceptors (Lipinski definition) is 3. The number of allylic oxidation sites excluding steroid dienone is 1. The third-order valence-electron chi connectivity index (χ3n) is 2.86. The average Bonchev–Trinajstić information content (AvgIpc) is 2.55. The van der Waals surface area contributed by atoms with Gasteiger partial charge in [-0.2, -0.15) is 0 Å². The molecule has 0 aromatic carbocycles. The highest BCUT2D eigenvalue weighted by atomic mass is 32.2. The fourth-order valence-electron chi connectivity index (χ4n) is 1.85. The van der Waals surface area contributed by atoms with Crippen LogP contribution in [0.15, 0.2) is 12.7 Å². The second kappa shape index (κ2) is 6.37. The third kappa shape index (κ3) is 4.23. The van der Waals surface area contributed by atoms with Crippen LogP contribution in [-0.4, -0.2) is 44.2 Å². The van der Waals surface area contributed by atoms with Crippen molar-refractivity contribution < 1.29 is 8.42 Å². The first-order chi connectivity index (χ1) is 7.56. The fourth-order valence-corrected chi connectivity index (χ4v) is 3.38. The van der Waals surface area contributed by atoms with Gasteiger partial charge in [0.15, 0.2) is 0 Å². The summed E-state index contributed by atoms with van der Waals surface area (Å²) in [6.07, 6.45) is 4.73. The van der Waals surface area contributed by atoms with Crippen molar-refractivity contribution in [3.8, 4) is 0 Å². The Morgan fingerprint density at radius 2 is 2.31 bits per heavy atom. The van der Waals surface area contributed by atoms with Crippen LogP contribution in [0.1, 0.15) is 26.2 Å². The van der Waals surface area contributed by atoms with Gasteiger partial charge in [-0.15, -0.1) is 6.58 Å². The van der Waals surface area contributed by atoms with Crippen LogP contribution in [0.5, 0.6) is 0 Å². The molecule has 1 unspecified atom stereocenters. The molecule has 1 fully saturated rings. The first kappa shape index (κ1) is 13.7. The number of nitrogens with zero attached hydrogens (tertiary/aromatic N) is 1. The lowest BCUT2D eigenvalue weighted by molar-refractivity contribution is 0.414. The van der Waals surface area contributed by atoms with Gasteiger partial charge in [0, 0.05) is 25.7 Å². The third-order valence-corrected chi connectivity index (χ3v) is 4.82. The molecule has 0 aromatic heterocycles. The van der Waals surface area contributed by atoms with Crippen molar-refractivity contribution in [3.05, 3.63) is 12.7 Å². The summed E-state index contributed by atoms with van der Waals surface area (Å²) in [5, 5.41) is 3.33. The van der Waals surface area contributed by atoms with Gasteiger partial charge in [-0.1, -0.05) is 6.08 Å². The zero-order valence-electron chi connectivity index (χ0n) is 9.98. The van der Waals surface area contributed by atoms with E-state index in [1.165, 1.54) is 0 Å². The van der Waals surface area contributed by atoms with E-state index in [1.54, 1.807) is 4.31 Å². The Hall–Kier alpha value is -0.390. The van der Waals surface area contributed by atoms with E-state index in [4.69, 9.17) is 0 Å². The Bertz CT molecular complexity index is 314. The minimum Gasteiger partial charge on any atom is -0.313 e. The number of nitrogens with one attached hydrogen (secondary N) is 1. The van der Waals surface area contributed by atoms with Gasteiger partial charge in [0.25, 0.3) is 0 Å². The Morgan fingerprint density at radius 3 is 2.88 bits per heavy atom. The lowest BCUT2D eigenvalue weighted by Crippen LogP contribution is -2.36. The molecule has 0 spiro atoms. The van der Waals surface area contributed by atoms with Gasteiger partial charge in [0.1, 0.15) is 0 Å². The van der Waals surface area contributed by atoms with E-state index in [9.17, 15) is 8.42 Å². The molecule has 1 atom stereocenters. The summed E-state index contributed by atoms with van der Waals surface area (Å²) in [7, 11) is -2.92. The van der Waals surface area contributed by atoms with Crippen molar-refractivity contribution in [2.24, 2.45) is 0 Å². The maximum absolute atomic E-state index is 11.5. The molecule has 0 saturated carbocycles. The van der Waals surface area contributed by atoms with Crippen LogP contribution in [-0.2, 0) is 10.0 Å². The van der Waals surface area contributed by atoms with Crippen molar-refractivity contribution in [1.29, 1.82) is 0 Å². The van der Waals surface area contributed by atoms with Crippen LogP contribution in [0.25, 0.3) is 0 Å². The molecule has 0 bridgehead atoms. The molecule has 0 aliphatic carbocycles. The van der Waals surface area contributed by atoms with E-state index in [0.717, 1.165) is 25.8 Å². The minimum absolute atomic E-state index is 0.318. The topological polar surface area (TPSA) is 49.4 Å². The molecule has 4 nitrogen and oxygen atoms in total. The normalized spacial score (nSPS) is 22.1. The molecule has 1 heterocycles. The molecule has 0 amide bonds. The molecule has 16 heavy (non-hydrogen) atoms. The molecule has 5 heteroatoms. The molecular formula is C11H22N2O2S. The first-order valence-electron chi connectivity index (χ1n) is 5.88. The summed E-state index contributed by atoms with van der Waals surface area (Å²) in [5.41, 5.74) is 0. The van der Waals surface area contributed by atoms with Crippen LogP contribution in [0.3, 0.4) is 0 Å². The summed E-state index contributed by atoms with van der Waals surface area (Å²) in [4.78, 5) is 0. The van der Waals surface area contributed by atoms with Gasteiger partial charge in [0.2, 0.25) is 10.0 Å². The second-order valence-electron chi connectivity index (χ2n) is 4.29. The van der Waals surface area contributed by atoms with Crippen LogP contribution >= 0.6 is 0 Å². The quantitative estimate of drug-likeness (QED) is 0.681. The average molecular weight is 246 g/mol. The van der Waals surface area contributed by atoms with Crippen LogP contribution in [0.4, 0.5) is 0 Å². The van der Waals surface area contributed by atoms with E-state index in [0.29, 0.717) is 24.9 Å². The monoisotopic (exact) mass is 246 g/mol. The molecular weight excluding hydrogens is 224 g/mol. The Balaban J connectivity index is 2.18. The first-order valence-corrected chi connectivity index (χ1v) is 7.49. The van der Waals surface area contributed by atoms with Crippen LogP contribution < -0.4 is 5.32 Å². The van der Waals surface area contributed by atoms with Crippen molar-refractivity contribution in [3.63, 3.8) is 0 Å². The Morgan fingerprint density at radius 1 is 1.56 bits per heavy atom. The highest BCUT2D eigenvalue weighted by Crippen LogP contribution is 2.11. The van der Waals surface area contributed by atoms with E-state index >= 15 is 0 Å². The summed E-state index contributed by atoms with van der Waals surface area (Å²) in [5.74, 6) is 0.318. The molecule has 1 N–H and O–H groups in total. The van der Waals surface area contributed by atoms with E-state index in [2.05, 4.69) is 18.8 Å². The standard InChI is InChI=1S/C11H22N2O2S/c1-3-4-6-11(2)12-7-9-13-8-5-10-16(13,14)15/h3,11-12H,1,4-10H2,2H3. The van der Waals surface area contributed by atoms with Crippen molar-refractivity contribution >= 4 is 10.0 Å². The predicted molar refractivity (Wildman–Crippen MR) is 66.9 cm³/mol. The zero-order chi connectivity index (χ0) is 12.0. The fraction of sp³-hybridized carbons (Fsp3) is 0.818. The Kier molecular flexibility index (Phi) is 5.44. The molecule has 0 aromatic rings. The SMILES string of the molecule is C=CCCC(C)NCCN1CCCS1(=O)=O. The van der Waals surface area contributed by atoms with Gasteiger partial charge in [-0.05, 0) is 26.2 Å². The van der Waals surface area contributed by atoms with Gasteiger partial charge in [-0.3, -0.25) is 0 Å². The van der Waals surface area contributed by atoms with Gasteiger partial charge in [-0.25, -0.2) is 12.7 Å². The predicted octanol–water partition coefficient (Wildman–Crippen LogP) is 0.966. The molecule has 94 valence electrons. The number of rotatable bonds is 7. The smallest absolute Gasteiger partial charge is 0.214 e. The lowest BCUT2D eigenvalue weighted by atomic mass is 10.2. The zero-order valence-corrected chi connectivity index (χ0v) is 10.8. The summed E-state index contributed by atoms with van der Waals surface area (Å²) >= 11 is 0. The molecule has 1 aliphatic rings. The maximum atomic E-state index is 11.5. The van der Waals surface area contributed by atoms with Crippen molar-refractivity contribution in [1.82, 2.24) is 9.62 Å². The van der Waals surface area contributed by atoms with Gasteiger partial charge in [0.05, 0.1) is 5.75 Å². The van der Waals surface area contributed by atoms with Crippen LogP contribution in [0, 0.1) is 0 Å². The van der Waals surface area contributed by atoms with Crippen molar-refractivity contribution in [2.45, 2.75) is 32.2 Å². The molecule has 1 rings (SSSR count). The lowest BCUT2D eigenvalue weighted by Gasteiger charge is -2.17. The molecule has 1 aliphatic heterocycles. The maximum Gasteiger partial charge on any atom is 0.214 e. The largest absolute Gasteiger partial charge is 0.313 e. The van der Waals surface area contributed by atoms with Crippen molar-refractivity contribution in [2.75, 3.05) is 25.4 Å². The van der Waals surface area contributed by atoms with E-state index < -0.39 is 10.0 Å². The highest BCUT2D eigenvalue weighted by molar-refractivity contribution is 7.89. The Labute approximate surface area is 98.8 Å². The molecule has 1 saturated heterocycles. The van der Waals surface area contributed by atoms with Crippen LogP contribution in [0.2, 0.25) is 0 Å². The highest BCUT2D eigenvalue weighted by Gasteiger charge is 2.27. The number of hydrogen-bond donors (Lipinski definition) is 1. The summed E-state index contributed by atoms with van der Waals surface area (Å²) in [6, 6.07) is 0.420. The minimum atomic E-state index is -2.92. The summed E-state index contributed by atoms with van der Waals surface area (Å²) < 4.78 is 24.6. The van der Waals surface area contributed by atoms with E-state index in [-0.39, 0.29) is 0 Å². The van der Waals surface area contributed by atoms with Gasteiger partial charge >= 0.3 is 0 Å². The second-order valence-corrected chi connectivity index (χ2v) is 6.38. The number of sulfonamides is 1. The summed E-state index contributed by atoms with van der Waals surface area (Å²) in [6.45, 7) is 7.81.